The van der Waals surface area contributed by atoms with Crippen LogP contribution < -0.4 is 10.6 Å². The molecule has 6 rings (SSSR count). The fourth-order valence-electron chi connectivity index (χ4n) is 5.42. The number of anilines is 2. The highest BCUT2D eigenvalue weighted by Gasteiger charge is 2.35. The van der Waals surface area contributed by atoms with Gasteiger partial charge in [0.05, 0.1) is 42.0 Å². The molecule has 1 unspecified atom stereocenters. The van der Waals surface area contributed by atoms with E-state index in [9.17, 15) is 16.3 Å². The molecule has 2 atom stereocenters. The summed E-state index contributed by atoms with van der Waals surface area (Å²) in [5, 5.41) is 36.1. The Balaban J connectivity index is 1.49. The summed E-state index contributed by atoms with van der Waals surface area (Å²) < 4.78 is 25.2. The van der Waals surface area contributed by atoms with Crippen molar-refractivity contribution in [1.29, 1.82) is 10.5 Å². The average molecular weight is 522 g/mol. The molecule has 2 saturated carbocycles. The average Bonchev–Trinajstić information content (AvgIpc) is 3.57. The first-order valence-corrected chi connectivity index (χ1v) is 13.2. The van der Waals surface area contributed by atoms with Crippen LogP contribution in [0, 0.1) is 33.9 Å². The van der Waals surface area contributed by atoms with Gasteiger partial charge in [-0.3, -0.25) is 4.98 Å². The fourth-order valence-corrected chi connectivity index (χ4v) is 5.42. The van der Waals surface area contributed by atoms with Gasteiger partial charge >= 0.3 is 0 Å². The molecule has 39 heavy (non-hydrogen) atoms. The van der Waals surface area contributed by atoms with E-state index in [2.05, 4.69) is 51.9 Å². The molecular formula is C30H29FN8. The Morgan fingerprint density at radius 1 is 1.13 bits per heavy atom. The maximum absolute atomic E-state index is 13.8. The van der Waals surface area contributed by atoms with Crippen molar-refractivity contribution in [1.82, 2.24) is 20.0 Å². The molecule has 2 aromatic heterocycles. The molecule has 4 aromatic rings. The van der Waals surface area contributed by atoms with Gasteiger partial charge in [-0.2, -0.15) is 10.5 Å². The lowest BCUT2D eigenvalue weighted by atomic mass is 9.87. The minimum atomic E-state index is -1.64. The lowest BCUT2D eigenvalue weighted by Crippen LogP contribution is -2.31. The number of nitrogens with zero attached hydrogens (tertiary/aromatic N) is 6. The molecule has 196 valence electrons. The molecule has 0 aliphatic heterocycles. The van der Waals surface area contributed by atoms with Crippen LogP contribution >= 0.6 is 0 Å². The van der Waals surface area contributed by atoms with Gasteiger partial charge in [0.2, 0.25) is 0 Å². The maximum Gasteiger partial charge on any atom is 0.123 e. The summed E-state index contributed by atoms with van der Waals surface area (Å²) in [7, 11) is 0. The number of halogens is 1. The van der Waals surface area contributed by atoms with Gasteiger partial charge in [0, 0.05) is 23.3 Å². The summed E-state index contributed by atoms with van der Waals surface area (Å²) in [6.07, 6.45) is 8.41. The molecule has 2 aliphatic carbocycles. The number of hydrogen-bond donors (Lipinski definition) is 2. The van der Waals surface area contributed by atoms with E-state index in [4.69, 9.17) is 0 Å². The van der Waals surface area contributed by atoms with E-state index >= 15 is 0 Å². The van der Waals surface area contributed by atoms with Crippen LogP contribution in [0.15, 0.2) is 48.8 Å². The number of pyridine rings is 1. The second-order valence-electron chi connectivity index (χ2n) is 11.1. The van der Waals surface area contributed by atoms with Crippen molar-refractivity contribution in [3.8, 4) is 12.1 Å². The summed E-state index contributed by atoms with van der Waals surface area (Å²) in [5.41, 5.74) is 3.12. The van der Waals surface area contributed by atoms with E-state index in [-0.39, 0.29) is 17.5 Å². The largest absolute Gasteiger partial charge is 0.380 e. The van der Waals surface area contributed by atoms with E-state index in [0.717, 1.165) is 32.1 Å². The molecule has 0 amide bonds. The zero-order chi connectivity index (χ0) is 28.1. The number of benzene rings is 2. The molecule has 0 saturated heterocycles. The Kier molecular flexibility index (Phi) is 5.85. The Hall–Kier alpha value is -4.50. The number of nitriles is 2. The minimum Gasteiger partial charge on any atom is -0.380 e. The van der Waals surface area contributed by atoms with Crippen LogP contribution in [0.4, 0.5) is 15.8 Å². The second kappa shape index (κ2) is 9.67. The molecule has 2 fully saturated rings. The van der Waals surface area contributed by atoms with Crippen molar-refractivity contribution in [2.24, 2.45) is 5.41 Å². The van der Waals surface area contributed by atoms with Crippen molar-refractivity contribution in [2.45, 2.75) is 64.1 Å². The van der Waals surface area contributed by atoms with E-state index in [1.165, 1.54) is 18.3 Å². The van der Waals surface area contributed by atoms with Crippen LogP contribution in [-0.2, 0) is 0 Å². The van der Waals surface area contributed by atoms with Crippen molar-refractivity contribution < 1.29 is 5.76 Å². The van der Waals surface area contributed by atoms with Gasteiger partial charge in [0.15, 0.2) is 0 Å². The lowest BCUT2D eigenvalue weighted by Gasteiger charge is -2.29. The van der Waals surface area contributed by atoms with Gasteiger partial charge in [-0.15, -0.1) is 5.10 Å². The summed E-state index contributed by atoms with van der Waals surface area (Å²) in [6, 6.07) is 12.4. The number of nitrogens with one attached hydrogen (secondary N) is 2. The molecule has 0 spiro atoms. The number of hydrogen-bond acceptors (Lipinski definition) is 7. The zero-order valence-electron chi connectivity index (χ0n) is 22.9. The van der Waals surface area contributed by atoms with Crippen molar-refractivity contribution in [3.05, 3.63) is 77.0 Å². The summed E-state index contributed by atoms with van der Waals surface area (Å²) >= 11 is 0. The molecule has 2 heterocycles. The summed E-state index contributed by atoms with van der Waals surface area (Å²) in [4.78, 5) is 4.46. The van der Waals surface area contributed by atoms with Crippen LogP contribution in [0.25, 0.3) is 10.9 Å². The Labute approximate surface area is 227 Å². The third-order valence-electron chi connectivity index (χ3n) is 7.88. The van der Waals surface area contributed by atoms with Crippen LogP contribution in [0.2, 0.25) is 0 Å². The molecule has 2 aromatic carbocycles. The van der Waals surface area contributed by atoms with E-state index in [0.29, 0.717) is 44.7 Å². The third kappa shape index (κ3) is 4.77. The van der Waals surface area contributed by atoms with Crippen molar-refractivity contribution in [3.63, 3.8) is 0 Å². The van der Waals surface area contributed by atoms with Gasteiger partial charge in [0.25, 0.3) is 0 Å². The minimum absolute atomic E-state index is 0.0442. The normalized spacial score (nSPS) is 20.0. The molecule has 0 bridgehead atoms. The Morgan fingerprint density at radius 2 is 1.90 bits per heavy atom. The number of fused-ring (bicyclic) bond motifs is 1. The predicted molar refractivity (Wildman–Crippen MR) is 146 cm³/mol. The quantitative estimate of drug-likeness (QED) is 0.296. The van der Waals surface area contributed by atoms with Crippen LogP contribution in [-0.4, -0.2) is 26.0 Å². The lowest BCUT2D eigenvalue weighted by molar-refractivity contribution is 0.350. The maximum atomic E-state index is 13.8. The zero-order valence-corrected chi connectivity index (χ0v) is 21.9. The van der Waals surface area contributed by atoms with Crippen molar-refractivity contribution in [2.75, 3.05) is 10.6 Å². The smallest absolute Gasteiger partial charge is 0.123 e. The van der Waals surface area contributed by atoms with E-state index in [1.54, 1.807) is 29.1 Å². The summed E-state index contributed by atoms with van der Waals surface area (Å²) in [6.45, 7) is 4.43. The second-order valence-corrected chi connectivity index (χ2v) is 11.1. The van der Waals surface area contributed by atoms with Crippen LogP contribution in [0.5, 0.6) is 0 Å². The third-order valence-corrected chi connectivity index (χ3v) is 7.88. The van der Waals surface area contributed by atoms with Gasteiger partial charge in [0.1, 0.15) is 23.6 Å². The highest BCUT2D eigenvalue weighted by molar-refractivity contribution is 5.99. The molecule has 2 aliphatic rings. The first-order chi connectivity index (χ1) is 19.2. The number of rotatable bonds is 7. The standard InChI is InChI=1S/C30H29FN8/c1-30(2)11-3-4-26(30)36-28-20(15-33)16-34-27-19(14-32)12-22(13-24(27)28)35-29(18-5-7-21(31)8-6-18)25-17-39(38-37-25)23-9-10-23/h5-8,12-13,16-17,23,26,29,35H,3-4,9-11H2,1-2H3,(H,34,36)/t26?,29-/m0/s1/i29D. The predicted octanol–water partition coefficient (Wildman–Crippen LogP) is 6.24. The van der Waals surface area contributed by atoms with E-state index < -0.39 is 11.8 Å². The van der Waals surface area contributed by atoms with Crippen LogP contribution in [0.3, 0.4) is 0 Å². The molecular weight excluding hydrogens is 491 g/mol. The number of aromatic nitrogens is 4. The SMILES string of the molecule is [2H][C@](Nc1cc(C#N)c2ncc(C#N)c(NC3CCCC3(C)C)c2c1)(c1ccc(F)cc1)c1cn(C2CC2)nn1. The first kappa shape index (κ1) is 23.6. The Bertz CT molecular complexity index is 1680. The van der Waals surface area contributed by atoms with E-state index in [1.807, 2.05) is 6.07 Å². The molecule has 8 nitrogen and oxygen atoms in total. The molecule has 2 N–H and O–H groups in total. The first-order valence-electron chi connectivity index (χ1n) is 13.7. The topological polar surface area (TPSA) is 115 Å². The van der Waals surface area contributed by atoms with Crippen LogP contribution in [0.1, 0.15) is 81.8 Å². The molecule has 0 radical (unpaired) electrons. The molecule has 9 heteroatoms. The van der Waals surface area contributed by atoms with Gasteiger partial charge in [-0.1, -0.05) is 37.6 Å². The van der Waals surface area contributed by atoms with Gasteiger partial charge in [-0.05, 0) is 60.9 Å². The monoisotopic (exact) mass is 521 g/mol. The van der Waals surface area contributed by atoms with Gasteiger partial charge < -0.3 is 10.6 Å². The fraction of sp³-hybridized carbons (Fsp3) is 0.367. The van der Waals surface area contributed by atoms with Gasteiger partial charge in [-0.25, -0.2) is 9.07 Å². The Morgan fingerprint density at radius 3 is 2.56 bits per heavy atom. The van der Waals surface area contributed by atoms with Crippen molar-refractivity contribution >= 4 is 22.3 Å². The highest BCUT2D eigenvalue weighted by atomic mass is 19.1. The highest BCUT2D eigenvalue weighted by Crippen LogP contribution is 2.41. The summed E-state index contributed by atoms with van der Waals surface area (Å²) in [5.74, 6) is -0.411.